The third-order valence-electron chi connectivity index (χ3n) is 7.02. The fraction of sp³-hybridized carbons (Fsp3) is 0.458. The number of carbonyl (C=O) groups excluding carboxylic acids is 1. The van der Waals surface area contributed by atoms with Gasteiger partial charge in [0.1, 0.15) is 0 Å². The third-order valence-corrected chi connectivity index (χ3v) is 7.02. The number of carbonyl (C=O) groups is 1. The predicted molar refractivity (Wildman–Crippen MR) is 105 cm³/mol. The number of hydrogen-bond donors (Lipinski definition) is 0. The Kier molecular flexibility index (Phi) is 4.60. The standard InChI is InChI=1S/C24H28O2/c1-26-22(25)19-11-13-21(14-12-19)24(17-7-8-18-24)23(15-5-6-16-23)20-9-3-2-4-10-20/h2-4,9-14H,5-8,15-18H2,1H3. The van der Waals surface area contributed by atoms with Gasteiger partial charge in [0.2, 0.25) is 0 Å². The van der Waals surface area contributed by atoms with Crippen LogP contribution in [0.15, 0.2) is 54.6 Å². The van der Waals surface area contributed by atoms with Crippen LogP contribution < -0.4 is 0 Å². The first-order valence-corrected chi connectivity index (χ1v) is 9.96. The van der Waals surface area contributed by atoms with Gasteiger partial charge in [0.15, 0.2) is 0 Å². The van der Waals surface area contributed by atoms with Crippen LogP contribution in [0.3, 0.4) is 0 Å². The molecule has 2 heteroatoms. The van der Waals surface area contributed by atoms with Crippen molar-refractivity contribution in [1.29, 1.82) is 0 Å². The first-order chi connectivity index (χ1) is 12.7. The normalized spacial score (nSPS) is 20.8. The fourth-order valence-electron chi connectivity index (χ4n) is 5.84. The average molecular weight is 348 g/mol. The first-order valence-electron chi connectivity index (χ1n) is 9.96. The van der Waals surface area contributed by atoms with Gasteiger partial charge in [0.05, 0.1) is 12.7 Å². The van der Waals surface area contributed by atoms with Crippen LogP contribution in [-0.2, 0) is 15.6 Å². The van der Waals surface area contributed by atoms with Gasteiger partial charge < -0.3 is 4.74 Å². The highest BCUT2D eigenvalue weighted by Gasteiger charge is 2.55. The summed E-state index contributed by atoms with van der Waals surface area (Å²) in [5.41, 5.74) is 3.99. The Morgan fingerprint density at radius 3 is 1.65 bits per heavy atom. The molecule has 0 radical (unpaired) electrons. The number of esters is 1. The summed E-state index contributed by atoms with van der Waals surface area (Å²) in [6.07, 6.45) is 10.3. The second-order valence-electron chi connectivity index (χ2n) is 8.01. The van der Waals surface area contributed by atoms with E-state index in [-0.39, 0.29) is 16.8 Å². The van der Waals surface area contributed by atoms with Crippen molar-refractivity contribution < 1.29 is 9.53 Å². The van der Waals surface area contributed by atoms with Gasteiger partial charge in [-0.2, -0.15) is 0 Å². The number of hydrogen-bond acceptors (Lipinski definition) is 2. The Bertz CT molecular complexity index is 749. The maximum atomic E-state index is 11.8. The van der Waals surface area contributed by atoms with E-state index in [0.717, 1.165) is 0 Å². The summed E-state index contributed by atoms with van der Waals surface area (Å²) in [5.74, 6) is -0.254. The van der Waals surface area contributed by atoms with E-state index in [1.807, 2.05) is 12.1 Å². The SMILES string of the molecule is COC(=O)c1ccc(C2(C3(c4ccccc4)CCCC3)CCCC2)cc1. The molecule has 0 unspecified atom stereocenters. The smallest absolute Gasteiger partial charge is 0.337 e. The maximum Gasteiger partial charge on any atom is 0.337 e. The number of rotatable bonds is 4. The molecule has 0 amide bonds. The Morgan fingerprint density at radius 2 is 1.19 bits per heavy atom. The molecule has 26 heavy (non-hydrogen) atoms. The van der Waals surface area contributed by atoms with Gasteiger partial charge in [-0.25, -0.2) is 4.79 Å². The van der Waals surface area contributed by atoms with Gasteiger partial charge in [-0.1, -0.05) is 68.1 Å². The molecule has 2 aliphatic carbocycles. The minimum Gasteiger partial charge on any atom is -0.465 e. The van der Waals surface area contributed by atoms with Gasteiger partial charge >= 0.3 is 5.97 Å². The molecule has 136 valence electrons. The second kappa shape index (κ2) is 6.90. The van der Waals surface area contributed by atoms with Gasteiger partial charge in [0.25, 0.3) is 0 Å². The van der Waals surface area contributed by atoms with E-state index in [1.54, 1.807) is 0 Å². The second-order valence-corrected chi connectivity index (χ2v) is 8.01. The Hall–Kier alpha value is -2.09. The summed E-state index contributed by atoms with van der Waals surface area (Å²) in [6.45, 7) is 0. The average Bonchev–Trinajstić information content (AvgIpc) is 3.39. The van der Waals surface area contributed by atoms with Crippen LogP contribution in [0.25, 0.3) is 0 Å². The lowest BCUT2D eigenvalue weighted by atomic mass is 9.55. The quantitative estimate of drug-likeness (QED) is 0.653. The topological polar surface area (TPSA) is 26.3 Å². The Labute approximate surface area is 156 Å². The lowest BCUT2D eigenvalue weighted by Crippen LogP contribution is -2.45. The highest BCUT2D eigenvalue weighted by Crippen LogP contribution is 2.60. The van der Waals surface area contributed by atoms with Crippen LogP contribution in [0.1, 0.15) is 72.9 Å². The van der Waals surface area contributed by atoms with Crippen molar-refractivity contribution in [3.05, 3.63) is 71.3 Å². The largest absolute Gasteiger partial charge is 0.465 e. The molecular formula is C24H28O2. The molecule has 0 atom stereocenters. The fourth-order valence-corrected chi connectivity index (χ4v) is 5.84. The minimum absolute atomic E-state index is 0.194. The van der Waals surface area contributed by atoms with E-state index in [9.17, 15) is 4.79 Å². The molecule has 0 aromatic heterocycles. The van der Waals surface area contributed by atoms with Crippen LogP contribution in [0.2, 0.25) is 0 Å². The summed E-state index contributed by atoms with van der Waals surface area (Å²) < 4.78 is 4.88. The van der Waals surface area contributed by atoms with Crippen LogP contribution in [0.5, 0.6) is 0 Å². The molecule has 2 nitrogen and oxygen atoms in total. The number of benzene rings is 2. The highest BCUT2D eigenvalue weighted by atomic mass is 16.5. The molecule has 2 saturated carbocycles. The Balaban J connectivity index is 1.82. The predicted octanol–water partition coefficient (Wildman–Crippen LogP) is 5.80. The summed E-state index contributed by atoms with van der Waals surface area (Å²) >= 11 is 0. The van der Waals surface area contributed by atoms with Crippen molar-refractivity contribution in [3.8, 4) is 0 Å². The number of methoxy groups -OCH3 is 1. The van der Waals surface area contributed by atoms with Crippen molar-refractivity contribution in [2.45, 2.75) is 62.2 Å². The van der Waals surface area contributed by atoms with Crippen molar-refractivity contribution in [2.24, 2.45) is 0 Å². The summed E-state index contributed by atoms with van der Waals surface area (Å²) in [4.78, 5) is 11.8. The third kappa shape index (κ3) is 2.58. The van der Waals surface area contributed by atoms with Crippen LogP contribution >= 0.6 is 0 Å². The monoisotopic (exact) mass is 348 g/mol. The molecule has 0 saturated heterocycles. The number of ether oxygens (including phenoxy) is 1. The van der Waals surface area contributed by atoms with Crippen LogP contribution in [-0.4, -0.2) is 13.1 Å². The zero-order valence-corrected chi connectivity index (χ0v) is 15.7. The van der Waals surface area contributed by atoms with E-state index in [2.05, 4.69) is 42.5 Å². The lowest BCUT2D eigenvalue weighted by Gasteiger charge is -2.48. The van der Waals surface area contributed by atoms with Crippen molar-refractivity contribution >= 4 is 5.97 Å². The molecule has 2 aromatic rings. The molecule has 2 aromatic carbocycles. The van der Waals surface area contributed by atoms with Crippen LogP contribution in [0, 0.1) is 0 Å². The highest BCUT2D eigenvalue weighted by molar-refractivity contribution is 5.89. The van der Waals surface area contributed by atoms with E-state index in [0.29, 0.717) is 5.56 Å². The van der Waals surface area contributed by atoms with Gasteiger partial charge in [-0.05, 0) is 48.9 Å². The Morgan fingerprint density at radius 1 is 0.731 bits per heavy atom. The molecule has 0 aliphatic heterocycles. The summed E-state index contributed by atoms with van der Waals surface area (Å²) in [5, 5.41) is 0. The molecule has 0 spiro atoms. The van der Waals surface area contributed by atoms with Gasteiger partial charge in [0, 0.05) is 10.8 Å². The van der Waals surface area contributed by atoms with E-state index in [4.69, 9.17) is 4.74 Å². The van der Waals surface area contributed by atoms with Crippen molar-refractivity contribution in [1.82, 2.24) is 0 Å². The zero-order chi connectivity index (χ0) is 18.0. The summed E-state index contributed by atoms with van der Waals surface area (Å²) in [6, 6.07) is 19.5. The molecule has 2 aliphatic rings. The lowest BCUT2D eigenvalue weighted by molar-refractivity contribution is 0.0600. The van der Waals surface area contributed by atoms with Gasteiger partial charge in [-0.3, -0.25) is 0 Å². The van der Waals surface area contributed by atoms with Gasteiger partial charge in [-0.15, -0.1) is 0 Å². The molecular weight excluding hydrogens is 320 g/mol. The summed E-state index contributed by atoms with van der Waals surface area (Å²) in [7, 11) is 1.44. The van der Waals surface area contributed by atoms with Crippen LogP contribution in [0.4, 0.5) is 0 Å². The van der Waals surface area contributed by atoms with Crippen molar-refractivity contribution in [2.75, 3.05) is 7.11 Å². The molecule has 0 heterocycles. The molecule has 2 fully saturated rings. The first kappa shape index (κ1) is 17.3. The van der Waals surface area contributed by atoms with E-state index in [1.165, 1.54) is 69.6 Å². The zero-order valence-electron chi connectivity index (χ0n) is 15.7. The van der Waals surface area contributed by atoms with Crippen molar-refractivity contribution in [3.63, 3.8) is 0 Å². The maximum absolute atomic E-state index is 11.8. The molecule has 0 N–H and O–H groups in total. The molecule has 4 rings (SSSR count). The van der Waals surface area contributed by atoms with E-state index >= 15 is 0 Å². The van der Waals surface area contributed by atoms with E-state index < -0.39 is 0 Å². The minimum atomic E-state index is -0.254. The molecule has 0 bridgehead atoms.